The summed E-state index contributed by atoms with van der Waals surface area (Å²) in [4.78, 5) is 17.7. The van der Waals surface area contributed by atoms with Crippen molar-refractivity contribution in [3.05, 3.63) is 6.33 Å². The number of imidazole rings is 1. The lowest BCUT2D eigenvalue weighted by atomic mass is 10.4. The Labute approximate surface area is 123 Å². The second-order valence-corrected chi connectivity index (χ2v) is 4.39. The molecule has 0 radical (unpaired) electrons. The zero-order chi connectivity index (χ0) is 15.1. The number of hydrogen-bond donors (Lipinski definition) is 2. The Hall–Kier alpha value is -1.93. The third-order valence-corrected chi connectivity index (χ3v) is 3.00. The SMILES string of the molecule is CCOCCN(CCOCC)c1nc(N)nc2nc[nH]c12. The predicted octanol–water partition coefficient (Wildman–Crippen LogP) is 0.815. The number of nitrogens with zero attached hydrogens (tertiary/aromatic N) is 4. The summed E-state index contributed by atoms with van der Waals surface area (Å²) in [5, 5.41) is 0. The Kier molecular flexibility index (Phi) is 5.70. The molecule has 3 N–H and O–H groups in total. The molecule has 8 nitrogen and oxygen atoms in total. The number of hydrogen-bond acceptors (Lipinski definition) is 7. The average molecular weight is 294 g/mol. The van der Waals surface area contributed by atoms with Crippen LogP contribution in [-0.2, 0) is 9.47 Å². The van der Waals surface area contributed by atoms with Crippen LogP contribution in [0.4, 0.5) is 11.8 Å². The number of fused-ring (bicyclic) bond motifs is 1. The molecule has 0 aromatic carbocycles. The van der Waals surface area contributed by atoms with E-state index in [-0.39, 0.29) is 5.95 Å². The molecule has 0 atom stereocenters. The number of rotatable bonds is 9. The molecule has 0 saturated carbocycles. The van der Waals surface area contributed by atoms with E-state index in [1.54, 1.807) is 6.33 Å². The number of nitrogens with two attached hydrogens (primary N) is 1. The van der Waals surface area contributed by atoms with Gasteiger partial charge in [-0.1, -0.05) is 0 Å². The maximum Gasteiger partial charge on any atom is 0.224 e. The van der Waals surface area contributed by atoms with E-state index in [9.17, 15) is 0 Å². The highest BCUT2D eigenvalue weighted by Crippen LogP contribution is 2.21. The fourth-order valence-electron chi connectivity index (χ4n) is 2.02. The number of nitrogen functional groups attached to an aromatic ring is 1. The van der Waals surface area contributed by atoms with Crippen LogP contribution in [0.15, 0.2) is 6.33 Å². The highest BCUT2D eigenvalue weighted by molar-refractivity contribution is 5.84. The lowest BCUT2D eigenvalue weighted by molar-refractivity contribution is 0.141. The maximum atomic E-state index is 5.77. The van der Waals surface area contributed by atoms with Gasteiger partial charge in [-0.3, -0.25) is 0 Å². The number of aromatic nitrogens is 4. The second-order valence-electron chi connectivity index (χ2n) is 4.39. The average Bonchev–Trinajstić information content (AvgIpc) is 2.93. The van der Waals surface area contributed by atoms with Gasteiger partial charge in [0.25, 0.3) is 0 Å². The normalized spacial score (nSPS) is 11.1. The van der Waals surface area contributed by atoms with Crippen LogP contribution < -0.4 is 10.6 Å². The Balaban J connectivity index is 2.21. The fourth-order valence-corrected chi connectivity index (χ4v) is 2.02. The first-order chi connectivity index (χ1) is 10.3. The predicted molar refractivity (Wildman–Crippen MR) is 81.3 cm³/mol. The third kappa shape index (κ3) is 4.02. The molecule has 0 aliphatic carbocycles. The summed E-state index contributed by atoms with van der Waals surface area (Å²) in [7, 11) is 0. The van der Waals surface area contributed by atoms with E-state index >= 15 is 0 Å². The zero-order valence-corrected chi connectivity index (χ0v) is 12.5. The van der Waals surface area contributed by atoms with Gasteiger partial charge in [-0.25, -0.2) is 4.98 Å². The van der Waals surface area contributed by atoms with Gasteiger partial charge < -0.3 is 25.1 Å². The Morgan fingerprint density at radius 3 is 2.43 bits per heavy atom. The van der Waals surface area contributed by atoms with Crippen LogP contribution in [0, 0.1) is 0 Å². The van der Waals surface area contributed by atoms with Gasteiger partial charge in [0.05, 0.1) is 19.5 Å². The Bertz CT molecular complexity index is 549. The Morgan fingerprint density at radius 1 is 1.14 bits per heavy atom. The van der Waals surface area contributed by atoms with E-state index in [0.717, 1.165) is 11.3 Å². The van der Waals surface area contributed by atoms with Gasteiger partial charge in [0.2, 0.25) is 5.95 Å². The summed E-state index contributed by atoms with van der Waals surface area (Å²) < 4.78 is 10.9. The highest BCUT2D eigenvalue weighted by atomic mass is 16.5. The molecule has 0 fully saturated rings. The molecule has 2 rings (SSSR count). The van der Waals surface area contributed by atoms with Gasteiger partial charge >= 0.3 is 0 Å². The lowest BCUT2D eigenvalue weighted by Gasteiger charge is -2.23. The van der Waals surface area contributed by atoms with Crippen LogP contribution in [0.2, 0.25) is 0 Å². The van der Waals surface area contributed by atoms with E-state index in [2.05, 4.69) is 24.8 Å². The minimum Gasteiger partial charge on any atom is -0.380 e. The van der Waals surface area contributed by atoms with E-state index in [4.69, 9.17) is 15.2 Å². The third-order valence-electron chi connectivity index (χ3n) is 3.00. The van der Waals surface area contributed by atoms with Gasteiger partial charge in [-0.15, -0.1) is 0 Å². The van der Waals surface area contributed by atoms with Crippen molar-refractivity contribution in [2.45, 2.75) is 13.8 Å². The number of H-pyrrole nitrogens is 1. The van der Waals surface area contributed by atoms with Gasteiger partial charge in [-0.05, 0) is 13.8 Å². The monoisotopic (exact) mass is 294 g/mol. The van der Waals surface area contributed by atoms with Crippen LogP contribution >= 0.6 is 0 Å². The summed E-state index contributed by atoms with van der Waals surface area (Å²) >= 11 is 0. The fraction of sp³-hybridized carbons (Fsp3) is 0.615. The molecule has 2 aromatic rings. The largest absolute Gasteiger partial charge is 0.380 e. The van der Waals surface area contributed by atoms with E-state index in [1.807, 2.05) is 13.8 Å². The van der Waals surface area contributed by atoms with Crippen molar-refractivity contribution in [3.63, 3.8) is 0 Å². The summed E-state index contributed by atoms with van der Waals surface area (Å²) in [6.45, 7) is 7.94. The van der Waals surface area contributed by atoms with Crippen molar-refractivity contribution in [2.24, 2.45) is 0 Å². The first-order valence-electron chi connectivity index (χ1n) is 7.13. The summed E-state index contributed by atoms with van der Waals surface area (Å²) in [6, 6.07) is 0. The van der Waals surface area contributed by atoms with Crippen molar-refractivity contribution in [3.8, 4) is 0 Å². The first kappa shape index (κ1) is 15.5. The van der Waals surface area contributed by atoms with E-state index in [1.165, 1.54) is 0 Å². The topological polar surface area (TPSA) is 102 Å². The number of nitrogens with one attached hydrogen (secondary N) is 1. The second kappa shape index (κ2) is 7.75. The molecule has 21 heavy (non-hydrogen) atoms. The lowest BCUT2D eigenvalue weighted by Crippen LogP contribution is -2.32. The molecular formula is C13H22N6O2. The molecule has 0 amide bonds. The summed E-state index contributed by atoms with van der Waals surface area (Å²) in [5.74, 6) is 0.942. The van der Waals surface area contributed by atoms with E-state index in [0.29, 0.717) is 45.2 Å². The van der Waals surface area contributed by atoms with Crippen molar-refractivity contribution in [1.82, 2.24) is 19.9 Å². The molecule has 2 aromatic heterocycles. The van der Waals surface area contributed by atoms with Crippen molar-refractivity contribution >= 4 is 22.9 Å². The minimum atomic E-state index is 0.211. The van der Waals surface area contributed by atoms with Crippen LogP contribution in [0.5, 0.6) is 0 Å². The van der Waals surface area contributed by atoms with Crippen molar-refractivity contribution in [1.29, 1.82) is 0 Å². The van der Waals surface area contributed by atoms with Gasteiger partial charge in [0.15, 0.2) is 11.5 Å². The highest BCUT2D eigenvalue weighted by Gasteiger charge is 2.15. The number of aromatic amines is 1. The quantitative estimate of drug-likeness (QED) is 0.660. The van der Waals surface area contributed by atoms with Crippen LogP contribution in [-0.4, -0.2) is 59.5 Å². The molecule has 0 aliphatic rings. The Morgan fingerprint density at radius 2 is 1.81 bits per heavy atom. The smallest absolute Gasteiger partial charge is 0.224 e. The standard InChI is InChI=1S/C13H22N6O2/c1-3-20-7-5-19(6-8-21-4-2)12-10-11(16-9-15-10)17-13(14)18-12/h9H,3-8H2,1-2H3,(H3,14,15,16,17,18). The van der Waals surface area contributed by atoms with Crippen LogP contribution in [0.25, 0.3) is 11.2 Å². The molecule has 0 spiro atoms. The molecule has 2 heterocycles. The van der Waals surface area contributed by atoms with Crippen LogP contribution in [0.3, 0.4) is 0 Å². The molecule has 116 valence electrons. The van der Waals surface area contributed by atoms with Gasteiger partial charge in [-0.2, -0.15) is 9.97 Å². The van der Waals surface area contributed by atoms with E-state index < -0.39 is 0 Å². The maximum absolute atomic E-state index is 5.77. The van der Waals surface area contributed by atoms with Crippen molar-refractivity contribution in [2.75, 3.05) is 50.2 Å². The van der Waals surface area contributed by atoms with Gasteiger partial charge in [0, 0.05) is 26.3 Å². The minimum absolute atomic E-state index is 0.211. The first-order valence-corrected chi connectivity index (χ1v) is 7.13. The van der Waals surface area contributed by atoms with Gasteiger partial charge in [0.1, 0.15) is 5.52 Å². The summed E-state index contributed by atoms with van der Waals surface area (Å²) in [6.07, 6.45) is 1.59. The number of anilines is 2. The molecule has 0 unspecified atom stereocenters. The molecule has 0 bridgehead atoms. The molecule has 0 aliphatic heterocycles. The van der Waals surface area contributed by atoms with Crippen molar-refractivity contribution < 1.29 is 9.47 Å². The summed E-state index contributed by atoms with van der Waals surface area (Å²) in [5.41, 5.74) is 7.11. The number of ether oxygens (including phenoxy) is 2. The molecule has 8 heteroatoms. The molecule has 0 saturated heterocycles. The van der Waals surface area contributed by atoms with Crippen LogP contribution in [0.1, 0.15) is 13.8 Å². The molecular weight excluding hydrogens is 272 g/mol. The zero-order valence-electron chi connectivity index (χ0n) is 12.5.